The first-order valence-corrected chi connectivity index (χ1v) is 7.82. The van der Waals surface area contributed by atoms with Crippen LogP contribution in [0.2, 0.25) is 0 Å². The summed E-state index contributed by atoms with van der Waals surface area (Å²) < 4.78 is 9.72. The van der Waals surface area contributed by atoms with E-state index < -0.39 is 0 Å². The molecule has 0 aliphatic carbocycles. The zero-order valence-electron chi connectivity index (χ0n) is 11.7. The topological polar surface area (TPSA) is 59.2 Å². The minimum absolute atomic E-state index is 0.0293. The molecule has 4 rings (SSSR count). The summed E-state index contributed by atoms with van der Waals surface area (Å²) in [6.45, 7) is 1.19. The lowest BCUT2D eigenvalue weighted by Gasteiger charge is -2.25. The van der Waals surface area contributed by atoms with Crippen LogP contribution in [0.3, 0.4) is 0 Å². The van der Waals surface area contributed by atoms with E-state index in [0.717, 1.165) is 35.0 Å². The summed E-state index contributed by atoms with van der Waals surface area (Å²) in [5, 5.41) is 3.72. The number of furan rings is 1. The average Bonchev–Trinajstić information content (AvgIpc) is 3.23. The van der Waals surface area contributed by atoms with Crippen molar-refractivity contribution in [3.8, 4) is 11.3 Å². The van der Waals surface area contributed by atoms with Gasteiger partial charge in [0.25, 0.3) is 5.91 Å². The number of carbonyl (C=O) groups excluding carboxylic acids is 1. The molecule has 3 aromatic rings. The summed E-state index contributed by atoms with van der Waals surface area (Å²) in [6.07, 6.45) is 2.32. The lowest BCUT2D eigenvalue weighted by Crippen LogP contribution is -2.35. The van der Waals surface area contributed by atoms with Gasteiger partial charge in [0.05, 0.1) is 12.7 Å². The highest BCUT2D eigenvalue weighted by Gasteiger charge is 2.26. The Morgan fingerprint density at radius 1 is 1.27 bits per heavy atom. The van der Waals surface area contributed by atoms with Crippen LogP contribution < -0.4 is 0 Å². The van der Waals surface area contributed by atoms with Gasteiger partial charge in [-0.2, -0.15) is 0 Å². The molecule has 6 heteroatoms. The van der Waals surface area contributed by atoms with Crippen LogP contribution >= 0.6 is 11.5 Å². The van der Waals surface area contributed by atoms with Crippen molar-refractivity contribution < 1.29 is 9.21 Å². The van der Waals surface area contributed by atoms with E-state index in [1.54, 1.807) is 4.90 Å². The van der Waals surface area contributed by atoms with Crippen molar-refractivity contribution in [1.29, 1.82) is 0 Å². The fourth-order valence-corrected chi connectivity index (χ4v) is 3.14. The predicted octanol–water partition coefficient (Wildman–Crippen LogP) is 3.00. The average molecular weight is 311 g/mol. The zero-order chi connectivity index (χ0) is 14.9. The van der Waals surface area contributed by atoms with Crippen molar-refractivity contribution in [3.05, 3.63) is 58.8 Å². The van der Waals surface area contributed by atoms with Gasteiger partial charge < -0.3 is 9.32 Å². The number of hydrogen-bond acceptors (Lipinski definition) is 5. The van der Waals surface area contributed by atoms with E-state index in [0.29, 0.717) is 18.0 Å². The fourth-order valence-electron chi connectivity index (χ4n) is 2.65. The Balaban J connectivity index is 1.59. The molecule has 1 aliphatic heterocycles. The van der Waals surface area contributed by atoms with Gasteiger partial charge in [-0.25, -0.2) is 0 Å². The number of hydrogen-bond donors (Lipinski definition) is 0. The predicted molar refractivity (Wildman–Crippen MR) is 82.5 cm³/mol. The monoisotopic (exact) mass is 311 g/mol. The molecular weight excluding hydrogens is 298 g/mol. The van der Waals surface area contributed by atoms with Crippen molar-refractivity contribution in [2.24, 2.45) is 0 Å². The number of rotatable bonds is 2. The van der Waals surface area contributed by atoms with Crippen molar-refractivity contribution in [2.45, 2.75) is 13.0 Å². The van der Waals surface area contributed by atoms with Crippen LogP contribution in [0.4, 0.5) is 0 Å². The van der Waals surface area contributed by atoms with Gasteiger partial charge in [-0.15, -0.1) is 5.10 Å². The Hall–Kier alpha value is -2.47. The van der Waals surface area contributed by atoms with Gasteiger partial charge in [0.1, 0.15) is 16.4 Å². The van der Waals surface area contributed by atoms with Gasteiger partial charge in [-0.3, -0.25) is 4.79 Å². The van der Waals surface area contributed by atoms with Crippen LogP contribution in [-0.2, 0) is 13.0 Å². The molecule has 0 N–H and O–H groups in total. The van der Waals surface area contributed by atoms with E-state index in [4.69, 9.17) is 4.42 Å². The first-order valence-electron chi connectivity index (χ1n) is 7.05. The molecule has 1 aromatic carbocycles. The highest BCUT2D eigenvalue weighted by atomic mass is 32.1. The summed E-state index contributed by atoms with van der Waals surface area (Å²) in [5.41, 5.74) is 2.24. The second kappa shape index (κ2) is 5.38. The van der Waals surface area contributed by atoms with Gasteiger partial charge in [0.2, 0.25) is 0 Å². The van der Waals surface area contributed by atoms with Crippen molar-refractivity contribution in [2.75, 3.05) is 6.54 Å². The van der Waals surface area contributed by atoms with Gasteiger partial charge >= 0.3 is 0 Å². The molecule has 1 amide bonds. The van der Waals surface area contributed by atoms with Crippen LogP contribution in [0.15, 0.2) is 47.0 Å². The summed E-state index contributed by atoms with van der Waals surface area (Å²) in [7, 11) is 0. The van der Waals surface area contributed by atoms with E-state index in [9.17, 15) is 4.79 Å². The van der Waals surface area contributed by atoms with E-state index >= 15 is 0 Å². The number of fused-ring (bicyclic) bond motifs is 1. The molecule has 1 aliphatic rings. The van der Waals surface area contributed by atoms with E-state index in [1.165, 1.54) is 11.8 Å². The van der Waals surface area contributed by atoms with Crippen LogP contribution in [0, 0.1) is 0 Å². The first-order chi connectivity index (χ1) is 10.8. The fraction of sp³-hybridized carbons (Fsp3) is 0.188. The molecule has 0 spiro atoms. The van der Waals surface area contributed by atoms with Crippen molar-refractivity contribution in [1.82, 2.24) is 14.5 Å². The Kier molecular flexibility index (Phi) is 3.23. The van der Waals surface area contributed by atoms with Crippen molar-refractivity contribution >= 4 is 17.4 Å². The SMILES string of the molecule is O=C(c1cnns1)N1CCc2cc(-c3ccccc3)oc2C1. The van der Waals surface area contributed by atoms with E-state index in [1.807, 2.05) is 30.3 Å². The van der Waals surface area contributed by atoms with Gasteiger partial charge in [0, 0.05) is 12.1 Å². The molecule has 0 fully saturated rings. The van der Waals surface area contributed by atoms with Gasteiger partial charge in [-0.05, 0) is 29.6 Å². The Morgan fingerprint density at radius 3 is 2.91 bits per heavy atom. The molecule has 0 radical (unpaired) electrons. The largest absolute Gasteiger partial charge is 0.459 e. The third-order valence-electron chi connectivity index (χ3n) is 3.80. The number of nitrogens with zero attached hydrogens (tertiary/aromatic N) is 3. The lowest BCUT2D eigenvalue weighted by atomic mass is 10.1. The highest BCUT2D eigenvalue weighted by Crippen LogP contribution is 2.30. The van der Waals surface area contributed by atoms with Crippen LogP contribution in [0.5, 0.6) is 0 Å². The number of aromatic nitrogens is 2. The summed E-state index contributed by atoms with van der Waals surface area (Å²) in [6, 6.07) is 12.1. The highest BCUT2D eigenvalue weighted by molar-refractivity contribution is 7.07. The lowest BCUT2D eigenvalue weighted by molar-refractivity contribution is 0.0725. The maximum Gasteiger partial charge on any atom is 0.267 e. The van der Waals surface area contributed by atoms with Crippen LogP contribution in [-0.4, -0.2) is 26.9 Å². The Labute approximate surface area is 131 Å². The minimum atomic E-state index is -0.0293. The summed E-state index contributed by atoms with van der Waals surface area (Å²) in [5.74, 6) is 1.70. The smallest absolute Gasteiger partial charge is 0.267 e. The maximum absolute atomic E-state index is 12.4. The number of benzene rings is 1. The molecular formula is C16H13N3O2S. The Morgan fingerprint density at radius 2 is 2.14 bits per heavy atom. The molecule has 2 aromatic heterocycles. The minimum Gasteiger partial charge on any atom is -0.459 e. The van der Waals surface area contributed by atoms with Gasteiger partial charge in [-0.1, -0.05) is 34.8 Å². The van der Waals surface area contributed by atoms with E-state index in [-0.39, 0.29) is 5.91 Å². The molecule has 22 heavy (non-hydrogen) atoms. The quantitative estimate of drug-likeness (QED) is 0.730. The maximum atomic E-state index is 12.4. The molecule has 0 unspecified atom stereocenters. The third-order valence-corrected chi connectivity index (χ3v) is 4.45. The molecule has 0 saturated heterocycles. The van der Waals surface area contributed by atoms with Crippen molar-refractivity contribution in [3.63, 3.8) is 0 Å². The molecule has 0 atom stereocenters. The molecule has 0 bridgehead atoms. The second-order valence-electron chi connectivity index (χ2n) is 5.18. The first kappa shape index (κ1) is 13.2. The number of amides is 1. The molecule has 110 valence electrons. The molecule has 5 nitrogen and oxygen atoms in total. The van der Waals surface area contributed by atoms with Gasteiger partial charge in [0.15, 0.2) is 0 Å². The second-order valence-corrected chi connectivity index (χ2v) is 5.97. The van der Waals surface area contributed by atoms with Crippen LogP contribution in [0.1, 0.15) is 21.0 Å². The summed E-state index contributed by atoms with van der Waals surface area (Å²) in [4.78, 5) is 14.7. The van der Waals surface area contributed by atoms with E-state index in [2.05, 4.69) is 15.7 Å². The third kappa shape index (κ3) is 2.31. The number of carbonyl (C=O) groups is 1. The standard InChI is InChI=1S/C16H13N3O2S/c20-16(15-9-17-18-22-15)19-7-6-12-8-13(21-14(12)10-19)11-4-2-1-3-5-11/h1-5,8-9H,6-7,10H2. The van der Waals surface area contributed by atoms with Crippen LogP contribution in [0.25, 0.3) is 11.3 Å². The molecule has 0 saturated carbocycles. The normalized spacial score (nSPS) is 13.9. The Bertz CT molecular complexity index is 796. The summed E-state index contributed by atoms with van der Waals surface area (Å²) >= 11 is 1.13. The zero-order valence-corrected chi connectivity index (χ0v) is 12.5. The molecule has 3 heterocycles.